The van der Waals surface area contributed by atoms with Gasteiger partial charge < -0.3 is 10.1 Å². The molecule has 1 N–H and O–H groups in total. The molecule has 0 bridgehead atoms. The fraction of sp³-hybridized carbons (Fsp3) is 0.316. The van der Waals surface area contributed by atoms with Gasteiger partial charge in [0.05, 0.1) is 23.0 Å². The first-order valence-electron chi connectivity index (χ1n) is 8.48. The zero-order chi connectivity index (χ0) is 20.9. The lowest BCUT2D eigenvalue weighted by molar-refractivity contribution is -0.120. The highest BCUT2D eigenvalue weighted by molar-refractivity contribution is 7.92. The van der Waals surface area contributed by atoms with Crippen molar-refractivity contribution in [1.29, 1.82) is 0 Å². The first-order chi connectivity index (χ1) is 13.1. The Balaban J connectivity index is 2.02. The number of amides is 1. The zero-order valence-electron chi connectivity index (χ0n) is 15.8. The van der Waals surface area contributed by atoms with Gasteiger partial charge in [0, 0.05) is 5.02 Å². The van der Waals surface area contributed by atoms with Gasteiger partial charge in [0.1, 0.15) is 18.9 Å². The van der Waals surface area contributed by atoms with Crippen molar-refractivity contribution in [1.82, 2.24) is 5.32 Å². The molecule has 0 saturated heterocycles. The number of hydrogen-bond acceptors (Lipinski definition) is 4. The fourth-order valence-electron chi connectivity index (χ4n) is 2.49. The number of ether oxygens (including phenoxy) is 1. The summed E-state index contributed by atoms with van der Waals surface area (Å²) in [4.78, 5) is 12.4. The van der Waals surface area contributed by atoms with E-state index in [4.69, 9.17) is 27.9 Å². The number of carbonyl (C=O) groups is 1. The summed E-state index contributed by atoms with van der Waals surface area (Å²) < 4.78 is 31.0. The van der Waals surface area contributed by atoms with Gasteiger partial charge in [-0.1, -0.05) is 41.4 Å². The molecule has 0 spiro atoms. The molecule has 2 rings (SSSR count). The number of hydrogen-bond donors (Lipinski definition) is 1. The van der Waals surface area contributed by atoms with E-state index in [1.165, 1.54) is 18.2 Å². The molecule has 9 heteroatoms. The molecular weight excluding hydrogens is 423 g/mol. The molecule has 0 radical (unpaired) electrons. The predicted octanol–water partition coefficient (Wildman–Crippen LogP) is 3.65. The second-order valence-electron chi connectivity index (χ2n) is 6.41. The van der Waals surface area contributed by atoms with Crippen molar-refractivity contribution < 1.29 is 17.9 Å². The lowest BCUT2D eigenvalue weighted by Crippen LogP contribution is -2.45. The molecule has 0 saturated carbocycles. The van der Waals surface area contributed by atoms with Crippen LogP contribution in [0.1, 0.15) is 12.5 Å². The maximum atomic E-state index is 12.4. The van der Waals surface area contributed by atoms with Crippen LogP contribution in [0.25, 0.3) is 0 Å². The lowest BCUT2D eigenvalue weighted by Gasteiger charge is -2.24. The Bertz CT molecular complexity index is 951. The highest BCUT2D eigenvalue weighted by Crippen LogP contribution is 2.30. The summed E-state index contributed by atoms with van der Waals surface area (Å²) in [5.41, 5.74) is 1.18. The summed E-state index contributed by atoms with van der Waals surface area (Å²) >= 11 is 12.0. The molecule has 1 atom stereocenters. The molecular formula is C19H22Cl2N2O4S. The minimum Gasteiger partial charge on any atom is -0.491 e. The quantitative estimate of drug-likeness (QED) is 0.673. The monoisotopic (exact) mass is 444 g/mol. The molecule has 1 amide bonds. The number of nitrogens with one attached hydrogen (secondary N) is 1. The Morgan fingerprint density at radius 1 is 1.21 bits per heavy atom. The van der Waals surface area contributed by atoms with E-state index < -0.39 is 22.5 Å². The summed E-state index contributed by atoms with van der Waals surface area (Å²) in [7, 11) is -3.73. The number of anilines is 1. The minimum atomic E-state index is -3.73. The lowest BCUT2D eigenvalue weighted by atomic mass is 10.2. The molecule has 152 valence electrons. The van der Waals surface area contributed by atoms with Crippen LogP contribution < -0.4 is 14.4 Å². The van der Waals surface area contributed by atoms with E-state index >= 15 is 0 Å². The summed E-state index contributed by atoms with van der Waals surface area (Å²) in [5.74, 6) is 0.256. The summed E-state index contributed by atoms with van der Waals surface area (Å²) in [6.45, 7) is 3.54. The van der Waals surface area contributed by atoms with Crippen molar-refractivity contribution in [3.63, 3.8) is 0 Å². The third-order valence-corrected chi connectivity index (χ3v) is 5.52. The van der Waals surface area contributed by atoms with Crippen LogP contribution in [-0.2, 0) is 14.8 Å². The van der Waals surface area contributed by atoms with Crippen LogP contribution in [0.15, 0.2) is 42.5 Å². The highest BCUT2D eigenvalue weighted by atomic mass is 35.5. The summed E-state index contributed by atoms with van der Waals surface area (Å²) in [5, 5.41) is 3.24. The van der Waals surface area contributed by atoms with Crippen molar-refractivity contribution in [3.8, 4) is 5.75 Å². The number of sulfonamides is 1. The standard InChI is InChI=1S/C19H22Cl2N2O4S/c1-13-6-4-5-7-18(13)27-12-14(2)22-19(24)11-23(28(3,25)26)17-9-8-15(20)10-16(17)21/h4-10,14H,11-12H2,1-3H3,(H,22,24)/t14-/m0/s1. The van der Waals surface area contributed by atoms with Gasteiger partial charge >= 0.3 is 0 Å². The topological polar surface area (TPSA) is 75.7 Å². The molecule has 0 aliphatic carbocycles. The van der Waals surface area contributed by atoms with Gasteiger partial charge in [-0.15, -0.1) is 0 Å². The first kappa shape index (κ1) is 22.3. The SMILES string of the molecule is Cc1ccccc1OC[C@H](C)NC(=O)CN(c1ccc(Cl)cc1Cl)S(C)(=O)=O. The molecule has 0 heterocycles. The molecule has 2 aromatic carbocycles. The number of rotatable bonds is 8. The van der Waals surface area contributed by atoms with Gasteiger partial charge in [-0.05, 0) is 43.7 Å². The Morgan fingerprint density at radius 3 is 2.50 bits per heavy atom. The number of nitrogens with zero attached hydrogens (tertiary/aromatic N) is 1. The van der Waals surface area contributed by atoms with Crippen molar-refractivity contribution in [2.75, 3.05) is 23.7 Å². The molecule has 28 heavy (non-hydrogen) atoms. The molecule has 0 aromatic heterocycles. The van der Waals surface area contributed by atoms with Gasteiger partial charge in [0.15, 0.2) is 0 Å². The van der Waals surface area contributed by atoms with E-state index in [1.54, 1.807) is 6.92 Å². The largest absolute Gasteiger partial charge is 0.491 e. The summed E-state index contributed by atoms with van der Waals surface area (Å²) in [6, 6.07) is 11.6. The van der Waals surface area contributed by atoms with E-state index in [0.29, 0.717) is 5.02 Å². The molecule has 2 aromatic rings. The van der Waals surface area contributed by atoms with Crippen molar-refractivity contribution >= 4 is 44.8 Å². The second kappa shape index (κ2) is 9.49. The third-order valence-electron chi connectivity index (χ3n) is 3.86. The van der Waals surface area contributed by atoms with Crippen molar-refractivity contribution in [3.05, 3.63) is 58.1 Å². The summed E-state index contributed by atoms with van der Waals surface area (Å²) in [6.07, 6.45) is 1.01. The zero-order valence-corrected chi connectivity index (χ0v) is 18.1. The molecule has 0 unspecified atom stereocenters. The van der Waals surface area contributed by atoms with E-state index in [1.807, 2.05) is 31.2 Å². The average molecular weight is 445 g/mol. The number of aryl methyl sites for hydroxylation is 1. The number of carbonyl (C=O) groups excluding carboxylic acids is 1. The van der Waals surface area contributed by atoms with E-state index in [-0.39, 0.29) is 23.4 Å². The van der Waals surface area contributed by atoms with Gasteiger partial charge in [-0.3, -0.25) is 9.10 Å². The third kappa shape index (κ3) is 6.29. The number of halogens is 2. The Kier molecular flexibility index (Phi) is 7.57. The van der Waals surface area contributed by atoms with Crippen LogP contribution in [0.5, 0.6) is 5.75 Å². The van der Waals surface area contributed by atoms with Crippen LogP contribution in [-0.4, -0.2) is 39.8 Å². The Morgan fingerprint density at radius 2 is 1.89 bits per heavy atom. The van der Waals surface area contributed by atoms with E-state index in [9.17, 15) is 13.2 Å². The van der Waals surface area contributed by atoms with Crippen LogP contribution >= 0.6 is 23.2 Å². The van der Waals surface area contributed by atoms with Gasteiger partial charge in [0.25, 0.3) is 0 Å². The van der Waals surface area contributed by atoms with Crippen molar-refractivity contribution in [2.24, 2.45) is 0 Å². The number of para-hydroxylation sites is 1. The van der Waals surface area contributed by atoms with Crippen LogP contribution in [0, 0.1) is 6.92 Å². The minimum absolute atomic E-state index is 0.140. The maximum Gasteiger partial charge on any atom is 0.241 e. The molecule has 0 aliphatic rings. The molecule has 6 nitrogen and oxygen atoms in total. The molecule has 0 aliphatic heterocycles. The second-order valence-corrected chi connectivity index (χ2v) is 9.16. The fourth-order valence-corrected chi connectivity index (χ4v) is 3.92. The van der Waals surface area contributed by atoms with E-state index in [2.05, 4.69) is 5.32 Å². The average Bonchev–Trinajstić information content (AvgIpc) is 2.58. The van der Waals surface area contributed by atoms with E-state index in [0.717, 1.165) is 21.9 Å². The van der Waals surface area contributed by atoms with Crippen LogP contribution in [0.2, 0.25) is 10.0 Å². The predicted molar refractivity (Wildman–Crippen MR) is 113 cm³/mol. The van der Waals surface area contributed by atoms with Gasteiger partial charge in [-0.2, -0.15) is 0 Å². The molecule has 0 fully saturated rings. The highest BCUT2D eigenvalue weighted by Gasteiger charge is 2.24. The first-order valence-corrected chi connectivity index (χ1v) is 11.1. The maximum absolute atomic E-state index is 12.4. The Labute approximate surface area is 175 Å². The van der Waals surface area contributed by atoms with Gasteiger partial charge in [-0.25, -0.2) is 8.42 Å². The van der Waals surface area contributed by atoms with Crippen molar-refractivity contribution in [2.45, 2.75) is 19.9 Å². The van der Waals surface area contributed by atoms with Crippen LogP contribution in [0.4, 0.5) is 5.69 Å². The normalized spacial score (nSPS) is 12.3. The van der Waals surface area contributed by atoms with Crippen LogP contribution in [0.3, 0.4) is 0 Å². The smallest absolute Gasteiger partial charge is 0.241 e. The van der Waals surface area contributed by atoms with Gasteiger partial charge in [0.2, 0.25) is 15.9 Å². The Hall–Kier alpha value is -1.96. The number of benzene rings is 2.